The second-order valence-electron chi connectivity index (χ2n) is 5.31. The van der Waals surface area contributed by atoms with Crippen LogP contribution >= 0.6 is 11.6 Å². The molecule has 0 spiro atoms. The Labute approximate surface area is 131 Å². The molecule has 0 amide bonds. The molecule has 5 heteroatoms. The molecule has 0 saturated carbocycles. The number of ether oxygens (including phenoxy) is 1. The molecule has 1 aromatic heterocycles. The van der Waals surface area contributed by atoms with Gasteiger partial charge in [0.05, 0.1) is 16.4 Å². The normalized spacial score (nSPS) is 12.5. The van der Waals surface area contributed by atoms with Crippen LogP contribution in [0.3, 0.4) is 0 Å². The smallest absolute Gasteiger partial charge is 0.131 e. The summed E-state index contributed by atoms with van der Waals surface area (Å²) in [6, 6.07) is 6.43. The van der Waals surface area contributed by atoms with Crippen LogP contribution in [-0.4, -0.2) is 16.8 Å². The molecule has 0 aliphatic carbocycles. The summed E-state index contributed by atoms with van der Waals surface area (Å²) in [5.74, 6) is 0.873. The Hall–Kier alpha value is -1.52. The molecule has 0 aliphatic heterocycles. The first-order valence-electron chi connectivity index (χ1n) is 7.02. The molecule has 1 aromatic carbocycles. The third kappa shape index (κ3) is 3.39. The lowest BCUT2D eigenvalue weighted by atomic mass is 10.0. The molecular weight excluding hydrogens is 286 g/mol. The fourth-order valence-corrected chi connectivity index (χ4v) is 2.49. The van der Waals surface area contributed by atoms with Crippen LogP contribution < -0.4 is 10.1 Å². The maximum absolute atomic E-state index is 6.26. The highest BCUT2D eigenvalue weighted by molar-refractivity contribution is 6.31. The quantitative estimate of drug-likeness (QED) is 0.918. The van der Waals surface area contributed by atoms with Gasteiger partial charge in [0.2, 0.25) is 0 Å². The monoisotopic (exact) mass is 307 g/mol. The van der Waals surface area contributed by atoms with Gasteiger partial charge in [-0.15, -0.1) is 0 Å². The van der Waals surface area contributed by atoms with Gasteiger partial charge in [-0.1, -0.05) is 29.3 Å². The molecule has 21 heavy (non-hydrogen) atoms. The van der Waals surface area contributed by atoms with Gasteiger partial charge in [0.1, 0.15) is 12.4 Å². The molecule has 0 fully saturated rings. The van der Waals surface area contributed by atoms with E-state index in [4.69, 9.17) is 16.3 Å². The maximum atomic E-state index is 6.26. The van der Waals surface area contributed by atoms with Crippen molar-refractivity contribution in [2.45, 2.75) is 33.4 Å². The van der Waals surface area contributed by atoms with E-state index in [1.54, 1.807) is 4.68 Å². The summed E-state index contributed by atoms with van der Waals surface area (Å²) < 4.78 is 7.76. The van der Waals surface area contributed by atoms with Gasteiger partial charge in [-0.05, 0) is 33.9 Å². The first kappa shape index (κ1) is 15.9. The molecule has 2 rings (SSSR count). The van der Waals surface area contributed by atoms with Crippen LogP contribution in [0.2, 0.25) is 5.02 Å². The van der Waals surface area contributed by atoms with Crippen molar-refractivity contribution in [1.29, 1.82) is 0 Å². The van der Waals surface area contributed by atoms with E-state index in [0.717, 1.165) is 22.7 Å². The van der Waals surface area contributed by atoms with Crippen molar-refractivity contribution < 1.29 is 4.74 Å². The van der Waals surface area contributed by atoms with Crippen LogP contribution in [0.15, 0.2) is 18.2 Å². The lowest BCUT2D eigenvalue weighted by Gasteiger charge is -2.17. The number of hydrogen-bond donors (Lipinski definition) is 1. The summed E-state index contributed by atoms with van der Waals surface area (Å²) >= 11 is 6.26. The van der Waals surface area contributed by atoms with Crippen molar-refractivity contribution in [2.24, 2.45) is 7.05 Å². The molecule has 0 radical (unpaired) electrons. The van der Waals surface area contributed by atoms with E-state index in [0.29, 0.717) is 11.6 Å². The van der Waals surface area contributed by atoms with Gasteiger partial charge in [-0.3, -0.25) is 4.68 Å². The number of benzene rings is 1. The summed E-state index contributed by atoms with van der Waals surface area (Å²) in [7, 11) is 3.82. The van der Waals surface area contributed by atoms with Crippen molar-refractivity contribution in [3.63, 3.8) is 0 Å². The van der Waals surface area contributed by atoms with E-state index >= 15 is 0 Å². The van der Waals surface area contributed by atoms with Gasteiger partial charge < -0.3 is 10.1 Å². The Morgan fingerprint density at radius 1 is 1.38 bits per heavy atom. The van der Waals surface area contributed by atoms with E-state index in [1.807, 2.05) is 27.1 Å². The Morgan fingerprint density at radius 3 is 2.67 bits per heavy atom. The van der Waals surface area contributed by atoms with Crippen molar-refractivity contribution in [3.05, 3.63) is 45.7 Å². The highest BCUT2D eigenvalue weighted by Gasteiger charge is 2.14. The second-order valence-corrected chi connectivity index (χ2v) is 5.69. The summed E-state index contributed by atoms with van der Waals surface area (Å²) in [5, 5.41) is 8.23. The van der Waals surface area contributed by atoms with E-state index in [1.165, 1.54) is 5.56 Å². The molecule has 1 atom stereocenters. The zero-order valence-corrected chi connectivity index (χ0v) is 14.0. The molecule has 114 valence electrons. The van der Waals surface area contributed by atoms with Gasteiger partial charge in [-0.2, -0.15) is 5.10 Å². The maximum Gasteiger partial charge on any atom is 0.131 e. The van der Waals surface area contributed by atoms with Crippen molar-refractivity contribution in [1.82, 2.24) is 15.1 Å². The summed E-state index contributed by atoms with van der Waals surface area (Å²) in [5.41, 5.74) is 4.07. The minimum Gasteiger partial charge on any atom is -0.487 e. The highest BCUT2D eigenvalue weighted by atomic mass is 35.5. The standard InChI is InChI=1S/C16H22ClN3O/c1-10-6-7-15(13(8-10)11(2)18-4)21-9-14-16(17)12(3)19-20(14)5/h6-8,11,18H,9H2,1-5H3. The average Bonchev–Trinajstić information content (AvgIpc) is 2.70. The fourth-order valence-electron chi connectivity index (χ4n) is 2.28. The summed E-state index contributed by atoms with van der Waals surface area (Å²) in [4.78, 5) is 0. The molecule has 4 nitrogen and oxygen atoms in total. The minimum atomic E-state index is 0.226. The zero-order chi connectivity index (χ0) is 15.6. The Kier molecular flexibility index (Phi) is 4.91. The molecule has 1 unspecified atom stereocenters. The lowest BCUT2D eigenvalue weighted by Crippen LogP contribution is -2.14. The van der Waals surface area contributed by atoms with E-state index < -0.39 is 0 Å². The van der Waals surface area contributed by atoms with Crippen molar-refractivity contribution in [2.75, 3.05) is 7.05 Å². The van der Waals surface area contributed by atoms with E-state index in [2.05, 4.69) is 36.4 Å². The number of rotatable bonds is 5. The summed E-state index contributed by atoms with van der Waals surface area (Å²) in [6.45, 7) is 6.49. The highest BCUT2D eigenvalue weighted by Crippen LogP contribution is 2.28. The molecule has 0 bridgehead atoms. The third-order valence-corrected chi connectivity index (χ3v) is 4.18. The predicted octanol–water partition coefficient (Wildman–Crippen LogP) is 3.55. The predicted molar refractivity (Wildman–Crippen MR) is 85.9 cm³/mol. The lowest BCUT2D eigenvalue weighted by molar-refractivity contribution is 0.289. The molecule has 2 aromatic rings. The van der Waals surface area contributed by atoms with Gasteiger partial charge in [-0.25, -0.2) is 0 Å². The van der Waals surface area contributed by atoms with Crippen LogP contribution in [0.1, 0.15) is 35.5 Å². The number of nitrogens with one attached hydrogen (secondary N) is 1. The average molecular weight is 308 g/mol. The Bertz CT molecular complexity index is 637. The van der Waals surface area contributed by atoms with E-state index in [9.17, 15) is 0 Å². The largest absolute Gasteiger partial charge is 0.487 e. The molecular formula is C16H22ClN3O. The molecule has 1 heterocycles. The van der Waals surface area contributed by atoms with Gasteiger partial charge >= 0.3 is 0 Å². The topological polar surface area (TPSA) is 39.1 Å². The summed E-state index contributed by atoms with van der Waals surface area (Å²) in [6.07, 6.45) is 0. The van der Waals surface area contributed by atoms with Gasteiger partial charge in [0, 0.05) is 18.7 Å². The molecule has 0 saturated heterocycles. The van der Waals surface area contributed by atoms with E-state index in [-0.39, 0.29) is 6.04 Å². The third-order valence-electron chi connectivity index (χ3n) is 3.69. The molecule has 1 N–H and O–H groups in total. The van der Waals surface area contributed by atoms with Crippen LogP contribution in [-0.2, 0) is 13.7 Å². The Balaban J connectivity index is 2.24. The second kappa shape index (κ2) is 6.50. The number of hydrogen-bond acceptors (Lipinski definition) is 3. The Morgan fingerprint density at radius 2 is 2.10 bits per heavy atom. The van der Waals surface area contributed by atoms with Crippen molar-refractivity contribution in [3.8, 4) is 5.75 Å². The zero-order valence-electron chi connectivity index (χ0n) is 13.2. The van der Waals surface area contributed by atoms with Gasteiger partial charge in [0.25, 0.3) is 0 Å². The number of aromatic nitrogens is 2. The fraction of sp³-hybridized carbons (Fsp3) is 0.438. The molecule has 0 aliphatic rings. The van der Waals surface area contributed by atoms with Crippen LogP contribution in [0, 0.1) is 13.8 Å². The van der Waals surface area contributed by atoms with Crippen LogP contribution in [0.5, 0.6) is 5.75 Å². The first-order valence-corrected chi connectivity index (χ1v) is 7.40. The first-order chi connectivity index (χ1) is 9.93. The van der Waals surface area contributed by atoms with Crippen molar-refractivity contribution >= 4 is 11.6 Å². The van der Waals surface area contributed by atoms with Crippen LogP contribution in [0.4, 0.5) is 0 Å². The number of halogens is 1. The SMILES string of the molecule is CNC(C)c1cc(C)ccc1OCc1c(Cl)c(C)nn1C. The number of aryl methyl sites for hydroxylation is 3. The number of nitrogens with zero attached hydrogens (tertiary/aromatic N) is 2. The van der Waals surface area contributed by atoms with Crippen LogP contribution in [0.25, 0.3) is 0 Å². The minimum absolute atomic E-state index is 0.226. The van der Waals surface area contributed by atoms with Gasteiger partial charge in [0.15, 0.2) is 0 Å².